The number of hydrogen-bond donors (Lipinski definition) is 1. The highest BCUT2D eigenvalue weighted by atomic mass is 16.2. The van der Waals surface area contributed by atoms with E-state index >= 15 is 0 Å². The Labute approximate surface area is 189 Å². The van der Waals surface area contributed by atoms with E-state index < -0.39 is 0 Å². The van der Waals surface area contributed by atoms with Crippen LogP contribution in [-0.4, -0.2) is 50.8 Å². The quantitative estimate of drug-likeness (QED) is 0.520. The highest BCUT2D eigenvalue weighted by Crippen LogP contribution is 2.26. The van der Waals surface area contributed by atoms with E-state index in [0.717, 1.165) is 48.8 Å². The molecule has 4 rings (SSSR count). The summed E-state index contributed by atoms with van der Waals surface area (Å²) in [6.45, 7) is 7.86. The fourth-order valence-corrected chi connectivity index (χ4v) is 5.08. The smallest absolute Gasteiger partial charge is 0.291 e. The Kier molecular flexibility index (Phi) is 7.25. The molecule has 0 radical (unpaired) electrons. The van der Waals surface area contributed by atoms with Crippen LogP contribution in [0.25, 0.3) is 21.8 Å². The number of benzene rings is 1. The largest absolute Gasteiger partial charge is 0.354 e. The van der Waals surface area contributed by atoms with E-state index in [-0.39, 0.29) is 18.0 Å². The van der Waals surface area contributed by atoms with E-state index in [4.69, 9.17) is 0 Å². The van der Waals surface area contributed by atoms with Crippen LogP contribution >= 0.6 is 0 Å². The fourth-order valence-electron chi connectivity index (χ4n) is 5.08. The van der Waals surface area contributed by atoms with Gasteiger partial charge < -0.3 is 14.8 Å². The summed E-state index contributed by atoms with van der Waals surface area (Å²) in [7, 11) is 0. The molecule has 1 atom stereocenters. The minimum atomic E-state index is -0.207. The third kappa shape index (κ3) is 4.58. The van der Waals surface area contributed by atoms with Gasteiger partial charge >= 0.3 is 0 Å². The Bertz CT molecular complexity index is 1130. The van der Waals surface area contributed by atoms with Crippen LogP contribution in [0.15, 0.2) is 35.3 Å². The molecule has 2 aromatic heterocycles. The van der Waals surface area contributed by atoms with Gasteiger partial charge in [-0.05, 0) is 44.7 Å². The summed E-state index contributed by atoms with van der Waals surface area (Å²) in [5, 5.41) is 9.17. The van der Waals surface area contributed by atoms with Gasteiger partial charge in [-0.15, -0.1) is 0 Å². The number of piperidine rings is 1. The van der Waals surface area contributed by atoms with Crippen LogP contribution in [0.4, 0.5) is 0 Å². The van der Waals surface area contributed by atoms with Gasteiger partial charge in [0.25, 0.3) is 5.56 Å². The zero-order chi connectivity index (χ0) is 22.5. The molecule has 1 aromatic carbocycles. The summed E-state index contributed by atoms with van der Waals surface area (Å²) >= 11 is 0. The molecule has 7 heteroatoms. The van der Waals surface area contributed by atoms with Crippen molar-refractivity contribution >= 4 is 27.7 Å². The average molecular weight is 438 g/mol. The minimum absolute atomic E-state index is 0.0519. The first kappa shape index (κ1) is 22.5. The maximum absolute atomic E-state index is 13.2. The molecular weight excluding hydrogens is 402 g/mol. The first-order chi connectivity index (χ1) is 15.6. The number of nitrogens with zero attached hydrogens (tertiary/aromatic N) is 4. The lowest BCUT2D eigenvalue weighted by molar-refractivity contribution is -0.121. The van der Waals surface area contributed by atoms with Crippen molar-refractivity contribution in [2.24, 2.45) is 0 Å². The number of carbonyl (C=O) groups is 1. The number of carbonyl (C=O) groups excluding carboxylic acids is 1. The average Bonchev–Trinajstić information content (AvgIpc) is 3.13. The second kappa shape index (κ2) is 10.3. The maximum Gasteiger partial charge on any atom is 0.291 e. The van der Waals surface area contributed by atoms with Crippen LogP contribution in [0, 0.1) is 0 Å². The van der Waals surface area contributed by atoms with Crippen molar-refractivity contribution in [3.05, 3.63) is 40.8 Å². The summed E-state index contributed by atoms with van der Waals surface area (Å²) in [4.78, 5) is 28.3. The first-order valence-corrected chi connectivity index (χ1v) is 12.1. The maximum atomic E-state index is 13.2. The van der Waals surface area contributed by atoms with E-state index in [1.165, 1.54) is 30.4 Å². The van der Waals surface area contributed by atoms with Gasteiger partial charge in [0.2, 0.25) is 5.91 Å². The molecule has 7 nitrogen and oxygen atoms in total. The molecular formula is C25H35N5O2. The Morgan fingerprint density at radius 1 is 1.16 bits per heavy atom. The van der Waals surface area contributed by atoms with E-state index in [9.17, 15) is 9.59 Å². The Balaban J connectivity index is 1.42. The van der Waals surface area contributed by atoms with Crippen LogP contribution in [-0.2, 0) is 17.9 Å². The lowest BCUT2D eigenvalue weighted by atomic mass is 10.00. The van der Waals surface area contributed by atoms with Crippen molar-refractivity contribution < 1.29 is 4.79 Å². The zero-order valence-corrected chi connectivity index (χ0v) is 19.3. The van der Waals surface area contributed by atoms with Gasteiger partial charge in [-0.25, -0.2) is 4.68 Å². The summed E-state index contributed by atoms with van der Waals surface area (Å²) in [5.74, 6) is -0.164. The van der Waals surface area contributed by atoms with Gasteiger partial charge in [0.15, 0.2) is 0 Å². The van der Waals surface area contributed by atoms with E-state index in [1.54, 1.807) is 6.20 Å². The van der Waals surface area contributed by atoms with Crippen LogP contribution in [0.2, 0.25) is 0 Å². The van der Waals surface area contributed by atoms with Crippen molar-refractivity contribution in [2.45, 2.75) is 71.5 Å². The predicted molar refractivity (Wildman–Crippen MR) is 129 cm³/mol. The van der Waals surface area contributed by atoms with Crippen molar-refractivity contribution in [3.8, 4) is 0 Å². The van der Waals surface area contributed by atoms with Gasteiger partial charge in [0.1, 0.15) is 12.1 Å². The molecule has 3 heterocycles. The normalized spacial score (nSPS) is 17.2. The van der Waals surface area contributed by atoms with Crippen LogP contribution < -0.4 is 10.9 Å². The second-order valence-electron chi connectivity index (χ2n) is 8.84. The topological polar surface area (TPSA) is 72.2 Å². The summed E-state index contributed by atoms with van der Waals surface area (Å²) in [5.41, 5.74) is 1.46. The lowest BCUT2D eigenvalue weighted by Crippen LogP contribution is -2.41. The number of aryl methyl sites for hydroxylation is 1. The van der Waals surface area contributed by atoms with Crippen LogP contribution in [0.3, 0.4) is 0 Å². The fraction of sp³-hybridized carbons (Fsp3) is 0.560. The molecule has 1 aliphatic rings. The molecule has 0 unspecified atom stereocenters. The molecule has 0 aliphatic carbocycles. The second-order valence-corrected chi connectivity index (χ2v) is 8.84. The standard InChI is InChI=1S/C25H35N5O2/c1-3-14-29-22-12-6-5-11-20(22)21-17-27-30(25(32)24(21)29)18-23(31)26-13-9-16-28-15-8-7-10-19(28)4-2/h5-6,11-12,17,19H,3-4,7-10,13-16,18H2,1-2H3,(H,26,31)/t19-/m1/s1. The highest BCUT2D eigenvalue weighted by Gasteiger charge is 2.20. The van der Waals surface area contributed by atoms with Gasteiger partial charge in [-0.3, -0.25) is 9.59 Å². The number of nitrogens with one attached hydrogen (secondary N) is 1. The number of hydrogen-bond acceptors (Lipinski definition) is 4. The Morgan fingerprint density at radius 3 is 2.81 bits per heavy atom. The zero-order valence-electron chi connectivity index (χ0n) is 19.3. The third-order valence-electron chi connectivity index (χ3n) is 6.68. The number of aromatic nitrogens is 3. The van der Waals surface area contributed by atoms with Crippen molar-refractivity contribution in [3.63, 3.8) is 0 Å². The molecule has 1 saturated heterocycles. The predicted octanol–water partition coefficient (Wildman–Crippen LogP) is 3.53. The first-order valence-electron chi connectivity index (χ1n) is 12.1. The van der Waals surface area contributed by atoms with Crippen LogP contribution in [0.5, 0.6) is 0 Å². The van der Waals surface area contributed by atoms with E-state index in [1.807, 2.05) is 24.3 Å². The summed E-state index contributed by atoms with van der Waals surface area (Å²) in [6.07, 6.45) is 8.65. The van der Waals surface area contributed by atoms with Gasteiger partial charge in [-0.1, -0.05) is 38.5 Å². The van der Waals surface area contributed by atoms with E-state index in [2.05, 4.69) is 33.7 Å². The number of likely N-dealkylation sites (tertiary alicyclic amines) is 1. The number of rotatable bonds is 9. The number of para-hydroxylation sites is 1. The molecule has 0 saturated carbocycles. The third-order valence-corrected chi connectivity index (χ3v) is 6.68. The summed E-state index contributed by atoms with van der Waals surface area (Å²) in [6, 6.07) is 8.70. The molecule has 1 amide bonds. The molecule has 3 aromatic rings. The molecule has 1 aliphatic heterocycles. The molecule has 1 N–H and O–H groups in total. The number of fused-ring (bicyclic) bond motifs is 3. The van der Waals surface area contributed by atoms with Crippen molar-refractivity contribution in [2.75, 3.05) is 19.6 Å². The molecule has 1 fully saturated rings. The van der Waals surface area contributed by atoms with Crippen molar-refractivity contribution in [1.29, 1.82) is 0 Å². The van der Waals surface area contributed by atoms with Gasteiger partial charge in [-0.2, -0.15) is 5.10 Å². The van der Waals surface area contributed by atoms with Crippen LogP contribution in [0.1, 0.15) is 52.4 Å². The Morgan fingerprint density at radius 2 is 2.00 bits per heavy atom. The summed E-state index contributed by atoms with van der Waals surface area (Å²) < 4.78 is 3.35. The monoisotopic (exact) mass is 437 g/mol. The number of amides is 1. The lowest BCUT2D eigenvalue weighted by Gasteiger charge is -2.35. The molecule has 172 valence electrons. The van der Waals surface area contributed by atoms with Gasteiger partial charge in [0, 0.05) is 42.0 Å². The SMILES string of the molecule is CCCn1c2ccccc2c2cnn(CC(=O)NCCCN3CCCC[C@H]3CC)c(=O)c21. The molecule has 32 heavy (non-hydrogen) atoms. The van der Waals surface area contributed by atoms with E-state index in [0.29, 0.717) is 18.1 Å². The van der Waals surface area contributed by atoms with Crippen molar-refractivity contribution in [1.82, 2.24) is 24.6 Å². The Hall–Kier alpha value is -2.67. The molecule has 0 spiro atoms. The van der Waals surface area contributed by atoms with Gasteiger partial charge in [0.05, 0.1) is 6.20 Å². The highest BCUT2D eigenvalue weighted by molar-refractivity contribution is 6.07. The minimum Gasteiger partial charge on any atom is -0.354 e. The molecule has 0 bridgehead atoms.